The van der Waals surface area contributed by atoms with Gasteiger partial charge in [-0.05, 0) is 26.0 Å². The van der Waals surface area contributed by atoms with Crippen molar-refractivity contribution < 1.29 is 9.72 Å². The summed E-state index contributed by atoms with van der Waals surface area (Å²) in [6.45, 7) is 2.97. The second kappa shape index (κ2) is 6.48. The van der Waals surface area contributed by atoms with Crippen LogP contribution in [-0.2, 0) is 18.4 Å². The predicted molar refractivity (Wildman–Crippen MR) is 92.9 cm³/mol. The van der Waals surface area contributed by atoms with Gasteiger partial charge in [-0.1, -0.05) is 23.5 Å². The molecule has 0 saturated carbocycles. The van der Waals surface area contributed by atoms with Gasteiger partial charge in [-0.15, -0.1) is 5.10 Å². The number of fused-ring (bicyclic) bond motifs is 1. The van der Waals surface area contributed by atoms with Crippen LogP contribution in [0.1, 0.15) is 11.4 Å². The van der Waals surface area contributed by atoms with Gasteiger partial charge >= 0.3 is 5.69 Å². The Hall–Kier alpha value is -3.01. The molecule has 25 heavy (non-hydrogen) atoms. The number of aryl methyl sites for hydroxylation is 2. The van der Waals surface area contributed by atoms with Crippen LogP contribution in [0.3, 0.4) is 0 Å². The number of hydrogen-bond acceptors (Lipinski definition) is 6. The summed E-state index contributed by atoms with van der Waals surface area (Å²) < 4.78 is 4.25. The van der Waals surface area contributed by atoms with Crippen molar-refractivity contribution in [1.82, 2.24) is 19.8 Å². The fourth-order valence-electron chi connectivity index (χ4n) is 2.58. The average molecular weight is 360 g/mol. The summed E-state index contributed by atoms with van der Waals surface area (Å²) >= 11 is 1.46. The number of amides is 1. The first kappa shape index (κ1) is 16.8. The van der Waals surface area contributed by atoms with Crippen molar-refractivity contribution in [3.63, 3.8) is 0 Å². The number of nitrogens with one attached hydrogen (secondary N) is 1. The van der Waals surface area contributed by atoms with Gasteiger partial charge in [0.1, 0.15) is 17.9 Å². The molecule has 0 atom stereocenters. The zero-order valence-electron chi connectivity index (χ0n) is 13.9. The Kier molecular flexibility index (Phi) is 4.36. The van der Waals surface area contributed by atoms with Crippen LogP contribution in [0, 0.1) is 24.0 Å². The van der Waals surface area contributed by atoms with E-state index in [1.54, 1.807) is 13.8 Å². The lowest BCUT2D eigenvalue weighted by atomic mass is 10.3. The number of para-hydroxylation sites is 1. The fourth-order valence-corrected chi connectivity index (χ4v) is 3.55. The zero-order chi connectivity index (χ0) is 18.1. The third kappa shape index (κ3) is 3.15. The van der Waals surface area contributed by atoms with Gasteiger partial charge in [0.05, 0.1) is 15.1 Å². The second-order valence-corrected chi connectivity index (χ2v) is 6.50. The van der Waals surface area contributed by atoms with Crippen molar-refractivity contribution >= 4 is 33.1 Å². The lowest BCUT2D eigenvalue weighted by molar-refractivity contribution is -0.386. The molecule has 0 saturated heterocycles. The first-order valence-electron chi connectivity index (χ1n) is 7.44. The highest BCUT2D eigenvalue weighted by atomic mass is 32.1. The van der Waals surface area contributed by atoms with E-state index in [4.69, 9.17) is 0 Å². The molecule has 0 radical (unpaired) electrons. The predicted octanol–water partition coefficient (Wildman–Crippen LogP) is 1.59. The molecule has 1 aromatic carbocycles. The van der Waals surface area contributed by atoms with Gasteiger partial charge in [0.2, 0.25) is 4.80 Å². The van der Waals surface area contributed by atoms with Crippen LogP contribution in [0.5, 0.6) is 0 Å². The van der Waals surface area contributed by atoms with E-state index in [2.05, 4.69) is 15.6 Å². The van der Waals surface area contributed by atoms with Crippen LogP contribution in [0.4, 0.5) is 5.69 Å². The largest absolute Gasteiger partial charge is 0.318 e. The van der Waals surface area contributed by atoms with Gasteiger partial charge in [-0.25, -0.2) is 5.43 Å². The lowest BCUT2D eigenvalue weighted by Gasteiger charge is -2.02. The summed E-state index contributed by atoms with van der Waals surface area (Å²) in [5.41, 5.74) is 4.05. The van der Waals surface area contributed by atoms with Crippen LogP contribution in [-0.4, -0.2) is 25.2 Å². The highest BCUT2D eigenvalue weighted by Gasteiger charge is 2.22. The Bertz CT molecular complexity index is 1050. The number of nitrogens with zero attached hydrogens (tertiary/aromatic N) is 5. The van der Waals surface area contributed by atoms with Gasteiger partial charge in [-0.3, -0.25) is 19.6 Å². The first-order valence-corrected chi connectivity index (χ1v) is 8.25. The van der Waals surface area contributed by atoms with Crippen molar-refractivity contribution in [1.29, 1.82) is 0 Å². The molecular weight excluding hydrogens is 344 g/mol. The molecule has 1 amide bonds. The molecule has 2 heterocycles. The second-order valence-electron chi connectivity index (χ2n) is 5.49. The van der Waals surface area contributed by atoms with E-state index >= 15 is 0 Å². The fraction of sp³-hybridized carbons (Fsp3) is 0.267. The number of aromatic nitrogens is 3. The van der Waals surface area contributed by atoms with Crippen LogP contribution in [0.2, 0.25) is 0 Å². The summed E-state index contributed by atoms with van der Waals surface area (Å²) in [6.07, 6.45) is 0. The van der Waals surface area contributed by atoms with Crippen molar-refractivity contribution in [2.45, 2.75) is 20.4 Å². The van der Waals surface area contributed by atoms with E-state index in [0.29, 0.717) is 10.5 Å². The minimum Gasteiger partial charge on any atom is -0.318 e. The molecule has 0 bridgehead atoms. The quantitative estimate of drug-likeness (QED) is 0.563. The Morgan fingerprint density at radius 2 is 2.12 bits per heavy atom. The van der Waals surface area contributed by atoms with Crippen LogP contribution >= 0.6 is 11.3 Å². The Morgan fingerprint density at radius 1 is 1.40 bits per heavy atom. The van der Waals surface area contributed by atoms with E-state index < -0.39 is 10.8 Å². The maximum atomic E-state index is 12.1. The number of thiazole rings is 1. The summed E-state index contributed by atoms with van der Waals surface area (Å²) in [6, 6.07) is 7.83. The SMILES string of the molecule is Cc1nn(CC(=O)N/N=c2/sc3ccccc3n2C)c(C)c1[N+](=O)[O-]. The van der Waals surface area contributed by atoms with Crippen molar-refractivity contribution in [3.05, 3.63) is 50.6 Å². The summed E-state index contributed by atoms with van der Waals surface area (Å²) in [5, 5.41) is 19.2. The number of nitro groups is 1. The monoisotopic (exact) mass is 360 g/mol. The van der Waals surface area contributed by atoms with Crippen molar-refractivity contribution in [2.75, 3.05) is 0 Å². The summed E-state index contributed by atoms with van der Waals surface area (Å²) in [4.78, 5) is 23.3. The van der Waals surface area contributed by atoms with Crippen LogP contribution in [0.15, 0.2) is 29.4 Å². The molecule has 3 rings (SSSR count). The summed E-state index contributed by atoms with van der Waals surface area (Å²) in [7, 11) is 1.87. The summed E-state index contributed by atoms with van der Waals surface area (Å²) in [5.74, 6) is -0.405. The zero-order valence-corrected chi connectivity index (χ0v) is 14.7. The molecule has 1 N–H and O–H groups in total. The molecule has 2 aromatic heterocycles. The molecule has 3 aromatic rings. The maximum Gasteiger partial charge on any atom is 0.312 e. The molecule has 9 nitrogen and oxygen atoms in total. The van der Waals surface area contributed by atoms with E-state index in [-0.39, 0.29) is 17.9 Å². The number of carbonyl (C=O) groups excluding carboxylic acids is 1. The Labute approximate surface area is 146 Å². The third-order valence-corrected chi connectivity index (χ3v) is 4.92. The molecule has 0 fully saturated rings. The topological polar surface area (TPSA) is 107 Å². The van der Waals surface area contributed by atoms with Gasteiger partial charge in [0.25, 0.3) is 5.91 Å². The molecule has 130 valence electrons. The Morgan fingerprint density at radius 3 is 2.76 bits per heavy atom. The number of carbonyl (C=O) groups is 1. The lowest BCUT2D eigenvalue weighted by Crippen LogP contribution is -2.27. The number of benzene rings is 1. The van der Waals surface area contributed by atoms with Crippen LogP contribution in [0.25, 0.3) is 10.2 Å². The highest BCUT2D eigenvalue weighted by molar-refractivity contribution is 7.16. The van der Waals surface area contributed by atoms with E-state index in [9.17, 15) is 14.9 Å². The minimum atomic E-state index is -0.492. The molecule has 10 heteroatoms. The maximum absolute atomic E-state index is 12.1. The van der Waals surface area contributed by atoms with Crippen LogP contribution < -0.4 is 10.2 Å². The highest BCUT2D eigenvalue weighted by Crippen LogP contribution is 2.21. The molecule has 0 aliphatic heterocycles. The third-order valence-electron chi connectivity index (χ3n) is 3.81. The number of rotatable bonds is 4. The van der Waals surface area contributed by atoms with Crippen molar-refractivity contribution in [2.24, 2.45) is 12.1 Å². The van der Waals surface area contributed by atoms with E-state index in [1.165, 1.54) is 16.0 Å². The molecule has 0 unspecified atom stereocenters. The minimum absolute atomic E-state index is 0.0688. The smallest absolute Gasteiger partial charge is 0.312 e. The standard InChI is InChI=1S/C15H16N6O3S/c1-9-14(21(23)24)10(2)20(18-9)8-13(22)16-17-15-19(3)11-6-4-5-7-12(11)25-15/h4-7H,8H2,1-3H3,(H,16,22)/b17-15+. The van der Waals surface area contributed by atoms with E-state index in [1.807, 2.05) is 35.9 Å². The van der Waals surface area contributed by atoms with E-state index in [0.717, 1.165) is 10.2 Å². The molecule has 0 spiro atoms. The molecule has 0 aliphatic rings. The number of hydrogen-bond donors (Lipinski definition) is 1. The van der Waals surface area contributed by atoms with Gasteiger partial charge in [0, 0.05) is 7.05 Å². The van der Waals surface area contributed by atoms with Gasteiger partial charge in [0.15, 0.2) is 0 Å². The Balaban J connectivity index is 1.80. The molecular formula is C15H16N6O3S. The van der Waals surface area contributed by atoms with Gasteiger partial charge in [-0.2, -0.15) is 5.10 Å². The normalized spacial score (nSPS) is 11.9. The first-order chi connectivity index (χ1) is 11.9. The average Bonchev–Trinajstić information content (AvgIpc) is 3.03. The molecule has 0 aliphatic carbocycles. The van der Waals surface area contributed by atoms with Crippen molar-refractivity contribution in [3.8, 4) is 0 Å². The van der Waals surface area contributed by atoms with Gasteiger partial charge < -0.3 is 4.57 Å².